The average molecular weight is 287 g/mol. The van der Waals surface area contributed by atoms with Crippen LogP contribution in [0.4, 0.5) is 0 Å². The highest BCUT2D eigenvalue weighted by molar-refractivity contribution is 7.71. The summed E-state index contributed by atoms with van der Waals surface area (Å²) >= 11 is 5.44. The summed E-state index contributed by atoms with van der Waals surface area (Å²) in [6.45, 7) is 4.87. The molecule has 0 atom stereocenters. The van der Waals surface area contributed by atoms with Crippen LogP contribution in [0, 0.1) is 11.7 Å². The molecular formula is C14H17N5S. The monoisotopic (exact) mass is 287 g/mol. The number of hydrogen-bond donors (Lipinski definition) is 1. The number of fused-ring (bicyclic) bond motifs is 1. The number of nitrogens with zero attached hydrogens (tertiary/aromatic N) is 4. The van der Waals surface area contributed by atoms with E-state index in [9.17, 15) is 0 Å². The summed E-state index contributed by atoms with van der Waals surface area (Å²) in [7, 11) is 1.94. The van der Waals surface area contributed by atoms with Gasteiger partial charge in [0, 0.05) is 25.0 Å². The standard InChI is InChI=1S/C14H17N5S/c1-4-11-10(7-18(3)17-11)8-19-13-12(16-14(19)20)9(2)5-6-15-13/h5-7H,4,8H2,1-3H3,(H,16,20). The van der Waals surface area contributed by atoms with Gasteiger partial charge in [-0.3, -0.25) is 9.25 Å². The second-order valence-corrected chi connectivity index (χ2v) is 5.36. The van der Waals surface area contributed by atoms with E-state index in [1.54, 1.807) is 0 Å². The van der Waals surface area contributed by atoms with Crippen LogP contribution in [0.25, 0.3) is 11.2 Å². The third kappa shape index (κ3) is 2.06. The van der Waals surface area contributed by atoms with Crippen LogP contribution in [-0.2, 0) is 20.0 Å². The fourth-order valence-corrected chi connectivity index (χ4v) is 2.76. The van der Waals surface area contributed by atoms with Crippen molar-refractivity contribution in [3.8, 4) is 0 Å². The maximum Gasteiger partial charge on any atom is 0.179 e. The van der Waals surface area contributed by atoms with Crippen molar-refractivity contribution in [1.29, 1.82) is 0 Å². The van der Waals surface area contributed by atoms with Crippen molar-refractivity contribution in [2.45, 2.75) is 26.8 Å². The van der Waals surface area contributed by atoms with Crippen LogP contribution < -0.4 is 0 Å². The van der Waals surface area contributed by atoms with Crippen LogP contribution in [0.2, 0.25) is 0 Å². The molecule has 0 unspecified atom stereocenters. The summed E-state index contributed by atoms with van der Waals surface area (Å²) in [6.07, 6.45) is 4.79. The van der Waals surface area contributed by atoms with E-state index in [2.05, 4.69) is 35.1 Å². The number of H-pyrrole nitrogens is 1. The Bertz CT molecular complexity index is 824. The van der Waals surface area contributed by atoms with Crippen LogP contribution in [0.5, 0.6) is 0 Å². The third-order valence-corrected chi connectivity index (χ3v) is 3.85. The van der Waals surface area contributed by atoms with Gasteiger partial charge in [0.2, 0.25) is 0 Å². The molecule has 6 heteroatoms. The van der Waals surface area contributed by atoms with Crippen LogP contribution in [0.3, 0.4) is 0 Å². The van der Waals surface area contributed by atoms with Gasteiger partial charge in [-0.15, -0.1) is 0 Å². The fraction of sp³-hybridized carbons (Fsp3) is 0.357. The molecule has 3 aromatic rings. The first-order valence-electron chi connectivity index (χ1n) is 6.65. The minimum Gasteiger partial charge on any atom is -0.329 e. The van der Waals surface area contributed by atoms with Crippen molar-refractivity contribution in [3.63, 3.8) is 0 Å². The molecule has 104 valence electrons. The minimum absolute atomic E-state index is 0.701. The summed E-state index contributed by atoms with van der Waals surface area (Å²) in [5.41, 5.74) is 5.37. The SMILES string of the molecule is CCc1nn(C)cc1Cn1c(=S)[nH]c2c(C)ccnc21. The van der Waals surface area contributed by atoms with Crippen LogP contribution in [-0.4, -0.2) is 24.3 Å². The van der Waals surface area contributed by atoms with Crippen molar-refractivity contribution < 1.29 is 0 Å². The summed E-state index contributed by atoms with van der Waals surface area (Å²) in [5.74, 6) is 0. The normalized spacial score (nSPS) is 11.3. The number of hydrogen-bond acceptors (Lipinski definition) is 3. The zero-order valence-electron chi connectivity index (χ0n) is 11.8. The van der Waals surface area contributed by atoms with Gasteiger partial charge in [0.1, 0.15) is 0 Å². The van der Waals surface area contributed by atoms with Gasteiger partial charge in [0.25, 0.3) is 0 Å². The lowest BCUT2D eigenvalue weighted by molar-refractivity contribution is 0.746. The third-order valence-electron chi connectivity index (χ3n) is 3.53. The van der Waals surface area contributed by atoms with E-state index in [0.717, 1.165) is 28.8 Å². The maximum absolute atomic E-state index is 5.44. The molecule has 3 aromatic heterocycles. The smallest absolute Gasteiger partial charge is 0.179 e. The first-order valence-corrected chi connectivity index (χ1v) is 7.06. The molecule has 1 N–H and O–H groups in total. The number of imidazole rings is 1. The zero-order valence-corrected chi connectivity index (χ0v) is 12.7. The van der Waals surface area contributed by atoms with Crippen molar-refractivity contribution in [2.24, 2.45) is 7.05 Å². The zero-order chi connectivity index (χ0) is 14.3. The Kier molecular flexibility index (Phi) is 3.17. The predicted molar refractivity (Wildman–Crippen MR) is 81.3 cm³/mol. The quantitative estimate of drug-likeness (QED) is 0.754. The molecule has 0 fully saturated rings. The summed E-state index contributed by atoms with van der Waals surface area (Å²) < 4.78 is 4.59. The second-order valence-electron chi connectivity index (χ2n) is 4.97. The lowest BCUT2D eigenvalue weighted by Crippen LogP contribution is -2.02. The highest BCUT2D eigenvalue weighted by Crippen LogP contribution is 2.18. The molecule has 20 heavy (non-hydrogen) atoms. The molecule has 5 nitrogen and oxygen atoms in total. The number of aromatic nitrogens is 5. The lowest BCUT2D eigenvalue weighted by atomic mass is 10.2. The van der Waals surface area contributed by atoms with Crippen molar-refractivity contribution in [3.05, 3.63) is 40.1 Å². The molecule has 3 rings (SSSR count). The Hall–Kier alpha value is -1.95. The van der Waals surface area contributed by atoms with E-state index in [-0.39, 0.29) is 0 Å². The van der Waals surface area contributed by atoms with E-state index < -0.39 is 0 Å². The van der Waals surface area contributed by atoms with Gasteiger partial charge >= 0.3 is 0 Å². The maximum atomic E-state index is 5.44. The largest absolute Gasteiger partial charge is 0.329 e. The van der Waals surface area contributed by atoms with Crippen LogP contribution >= 0.6 is 12.2 Å². The Morgan fingerprint density at radius 1 is 1.40 bits per heavy atom. The van der Waals surface area contributed by atoms with Gasteiger partial charge in [-0.1, -0.05) is 6.92 Å². The predicted octanol–water partition coefficient (Wildman–Crippen LogP) is 2.75. The Morgan fingerprint density at radius 3 is 2.95 bits per heavy atom. The van der Waals surface area contributed by atoms with Crippen molar-refractivity contribution in [2.75, 3.05) is 0 Å². The summed E-state index contributed by atoms with van der Waals surface area (Å²) in [5, 5.41) is 4.48. The number of aromatic amines is 1. The number of pyridine rings is 1. The molecule has 0 radical (unpaired) electrons. The molecule has 0 aliphatic carbocycles. The summed E-state index contributed by atoms with van der Waals surface area (Å²) in [4.78, 5) is 7.71. The Labute approximate surface area is 122 Å². The van der Waals surface area contributed by atoms with Gasteiger partial charge in [0.05, 0.1) is 17.8 Å². The van der Waals surface area contributed by atoms with Gasteiger partial charge in [0.15, 0.2) is 10.4 Å². The molecule has 3 heterocycles. The Balaban J connectivity index is 2.13. The number of rotatable bonds is 3. The van der Waals surface area contributed by atoms with Crippen LogP contribution in [0.1, 0.15) is 23.7 Å². The molecule has 0 amide bonds. The van der Waals surface area contributed by atoms with E-state index >= 15 is 0 Å². The van der Waals surface area contributed by atoms with Crippen molar-refractivity contribution >= 4 is 23.4 Å². The molecule has 0 aliphatic rings. The second kappa shape index (κ2) is 4.86. The van der Waals surface area contributed by atoms with Gasteiger partial charge in [-0.05, 0) is 37.2 Å². The minimum atomic E-state index is 0.701. The van der Waals surface area contributed by atoms with Gasteiger partial charge in [-0.2, -0.15) is 5.10 Å². The molecule has 0 saturated heterocycles. The van der Waals surface area contributed by atoms with E-state index in [1.807, 2.05) is 28.6 Å². The first kappa shape index (κ1) is 13.1. The molecule has 0 spiro atoms. The summed E-state index contributed by atoms with van der Waals surface area (Å²) in [6, 6.07) is 1.99. The molecular weight excluding hydrogens is 270 g/mol. The first-order chi connectivity index (χ1) is 9.60. The van der Waals surface area contributed by atoms with Gasteiger partial charge in [-0.25, -0.2) is 4.98 Å². The van der Waals surface area contributed by atoms with Gasteiger partial charge < -0.3 is 4.98 Å². The van der Waals surface area contributed by atoms with E-state index in [1.165, 1.54) is 5.56 Å². The number of nitrogens with one attached hydrogen (secondary N) is 1. The molecule has 0 aliphatic heterocycles. The van der Waals surface area contributed by atoms with E-state index in [4.69, 9.17) is 12.2 Å². The average Bonchev–Trinajstić information content (AvgIpc) is 2.93. The topological polar surface area (TPSA) is 51.4 Å². The highest BCUT2D eigenvalue weighted by atomic mass is 32.1. The highest BCUT2D eigenvalue weighted by Gasteiger charge is 2.11. The lowest BCUT2D eigenvalue weighted by Gasteiger charge is -2.03. The van der Waals surface area contributed by atoms with Crippen LogP contribution in [0.15, 0.2) is 18.5 Å². The molecule has 0 bridgehead atoms. The number of aryl methyl sites for hydroxylation is 3. The van der Waals surface area contributed by atoms with Crippen molar-refractivity contribution in [1.82, 2.24) is 24.3 Å². The van der Waals surface area contributed by atoms with E-state index in [0.29, 0.717) is 11.3 Å². The Morgan fingerprint density at radius 2 is 2.20 bits per heavy atom. The molecule has 0 aromatic carbocycles. The molecule has 0 saturated carbocycles. The fourth-order valence-electron chi connectivity index (χ4n) is 2.50.